The Kier molecular flexibility index (Phi) is 5.59. The molecule has 0 atom stereocenters. The second-order valence-corrected chi connectivity index (χ2v) is 6.99. The summed E-state index contributed by atoms with van der Waals surface area (Å²) in [5, 5.41) is 11.9. The maximum atomic E-state index is 11.7. The van der Waals surface area contributed by atoms with Gasteiger partial charge in [-0.3, -0.25) is 0 Å². The van der Waals surface area contributed by atoms with Gasteiger partial charge in [0.1, 0.15) is 16.9 Å². The molecule has 0 aliphatic carbocycles. The minimum absolute atomic E-state index is 0.00427. The molecule has 7 nitrogen and oxygen atoms in total. The number of amides is 1. The number of hydrogen-bond donors (Lipinski definition) is 2. The summed E-state index contributed by atoms with van der Waals surface area (Å²) in [5.74, 6) is 0.760. The number of hydrogen-bond acceptors (Lipinski definition) is 5. The number of fused-ring (bicyclic) bond motifs is 1. The molecule has 8 heteroatoms. The first-order valence-electron chi connectivity index (χ1n) is 7.38. The number of nitrogens with one attached hydrogen (secondary N) is 1. The van der Waals surface area contributed by atoms with Gasteiger partial charge in [0, 0.05) is 30.2 Å². The van der Waals surface area contributed by atoms with Gasteiger partial charge < -0.3 is 19.7 Å². The molecule has 2 heterocycles. The highest BCUT2D eigenvalue weighted by molar-refractivity contribution is 9.10. The zero-order valence-electron chi connectivity index (χ0n) is 13.5. The van der Waals surface area contributed by atoms with Gasteiger partial charge in [-0.1, -0.05) is 0 Å². The first-order chi connectivity index (χ1) is 10.8. The van der Waals surface area contributed by atoms with Gasteiger partial charge in [-0.15, -0.1) is 0 Å². The predicted octanol–water partition coefficient (Wildman–Crippen LogP) is 2.25. The van der Waals surface area contributed by atoms with Crippen LogP contribution in [-0.4, -0.2) is 44.5 Å². The maximum absolute atomic E-state index is 11.7. The van der Waals surface area contributed by atoms with Crippen LogP contribution in [0.1, 0.15) is 26.6 Å². The van der Waals surface area contributed by atoms with Gasteiger partial charge in [-0.25, -0.2) is 14.8 Å². The van der Waals surface area contributed by atoms with Gasteiger partial charge in [-0.05, 0) is 42.8 Å². The van der Waals surface area contributed by atoms with Crippen LogP contribution in [0.15, 0.2) is 16.7 Å². The molecule has 0 saturated carbocycles. The fourth-order valence-corrected chi connectivity index (χ4v) is 2.47. The highest BCUT2D eigenvalue weighted by atomic mass is 79.9. The number of pyridine rings is 1. The summed E-state index contributed by atoms with van der Waals surface area (Å²) in [5.41, 5.74) is 0.944. The molecule has 2 rings (SSSR count). The largest absolute Gasteiger partial charge is 0.444 e. The molecular formula is C15H21BrN4O3. The third-order valence-electron chi connectivity index (χ3n) is 2.97. The molecule has 0 aliphatic rings. The van der Waals surface area contributed by atoms with E-state index < -0.39 is 11.7 Å². The zero-order valence-corrected chi connectivity index (χ0v) is 15.1. The topological polar surface area (TPSA) is 89.3 Å². The number of aromatic nitrogens is 3. The van der Waals surface area contributed by atoms with E-state index in [0.29, 0.717) is 19.5 Å². The Hall–Kier alpha value is -1.67. The molecule has 0 bridgehead atoms. The summed E-state index contributed by atoms with van der Waals surface area (Å²) < 4.78 is 7.90. The molecule has 0 spiro atoms. The van der Waals surface area contributed by atoms with Crippen molar-refractivity contribution in [3.05, 3.63) is 22.6 Å². The summed E-state index contributed by atoms with van der Waals surface area (Å²) in [7, 11) is 0. The number of rotatable bonds is 5. The molecule has 2 N–H and O–H groups in total. The Morgan fingerprint density at radius 1 is 1.48 bits per heavy atom. The number of alkyl carbamates (subject to hydrolysis) is 1. The lowest BCUT2D eigenvalue weighted by Gasteiger charge is -2.19. The van der Waals surface area contributed by atoms with Crippen LogP contribution >= 0.6 is 15.9 Å². The average molecular weight is 385 g/mol. The summed E-state index contributed by atoms with van der Waals surface area (Å²) in [6, 6.07) is 1.88. The fraction of sp³-hybridized carbons (Fsp3) is 0.533. The Morgan fingerprint density at radius 2 is 2.22 bits per heavy atom. The number of imidazole rings is 1. The van der Waals surface area contributed by atoms with Gasteiger partial charge in [0.25, 0.3) is 0 Å². The number of nitrogens with zero attached hydrogens (tertiary/aromatic N) is 3. The lowest BCUT2D eigenvalue weighted by molar-refractivity contribution is 0.0528. The number of carbonyl (C=O) groups is 1. The molecular weight excluding hydrogens is 364 g/mol. The normalized spacial score (nSPS) is 11.7. The number of aliphatic hydroxyl groups excluding tert-OH is 1. The van der Waals surface area contributed by atoms with E-state index in [0.717, 1.165) is 21.5 Å². The lowest BCUT2D eigenvalue weighted by atomic mass is 10.2. The second kappa shape index (κ2) is 7.27. The summed E-state index contributed by atoms with van der Waals surface area (Å²) >= 11 is 3.37. The smallest absolute Gasteiger partial charge is 0.407 e. The molecule has 2 aromatic heterocycles. The van der Waals surface area contributed by atoms with Crippen LogP contribution in [-0.2, 0) is 17.7 Å². The molecule has 23 heavy (non-hydrogen) atoms. The van der Waals surface area contributed by atoms with Crippen LogP contribution in [0.25, 0.3) is 11.2 Å². The van der Waals surface area contributed by atoms with Gasteiger partial charge >= 0.3 is 6.09 Å². The van der Waals surface area contributed by atoms with E-state index in [9.17, 15) is 9.90 Å². The van der Waals surface area contributed by atoms with Crippen molar-refractivity contribution in [2.75, 3.05) is 13.2 Å². The summed E-state index contributed by atoms with van der Waals surface area (Å²) in [4.78, 5) is 20.5. The maximum Gasteiger partial charge on any atom is 0.407 e. The summed E-state index contributed by atoms with van der Waals surface area (Å²) in [6.45, 7) is 6.25. The van der Waals surface area contributed by atoms with Crippen molar-refractivity contribution in [1.29, 1.82) is 0 Å². The van der Waals surface area contributed by atoms with E-state index in [1.165, 1.54) is 0 Å². The van der Waals surface area contributed by atoms with Crippen LogP contribution < -0.4 is 5.32 Å². The molecule has 0 fully saturated rings. The lowest BCUT2D eigenvalue weighted by Crippen LogP contribution is -2.33. The molecule has 0 saturated heterocycles. The predicted molar refractivity (Wildman–Crippen MR) is 90.3 cm³/mol. The van der Waals surface area contributed by atoms with Crippen molar-refractivity contribution >= 4 is 33.2 Å². The molecule has 0 radical (unpaired) electrons. The summed E-state index contributed by atoms with van der Waals surface area (Å²) in [6.07, 6.45) is 1.76. The molecule has 0 aromatic carbocycles. The Morgan fingerprint density at radius 3 is 2.87 bits per heavy atom. The molecule has 2 aromatic rings. The average Bonchev–Trinajstić information content (AvgIpc) is 2.74. The van der Waals surface area contributed by atoms with Crippen molar-refractivity contribution < 1.29 is 14.6 Å². The second-order valence-electron chi connectivity index (χ2n) is 6.08. The Labute approximate surface area is 143 Å². The minimum Gasteiger partial charge on any atom is -0.444 e. The van der Waals surface area contributed by atoms with Gasteiger partial charge in [0.15, 0.2) is 5.65 Å². The first-order valence-corrected chi connectivity index (χ1v) is 8.18. The van der Waals surface area contributed by atoms with Gasteiger partial charge in [0.2, 0.25) is 0 Å². The number of halogens is 1. The van der Waals surface area contributed by atoms with Crippen molar-refractivity contribution in [3.63, 3.8) is 0 Å². The van der Waals surface area contributed by atoms with E-state index in [1.54, 1.807) is 6.20 Å². The number of aliphatic hydroxyl groups is 1. The highest BCUT2D eigenvalue weighted by Crippen LogP contribution is 2.18. The minimum atomic E-state index is -0.523. The van der Waals surface area contributed by atoms with Crippen molar-refractivity contribution in [2.24, 2.45) is 0 Å². The van der Waals surface area contributed by atoms with E-state index in [2.05, 4.69) is 31.2 Å². The monoisotopic (exact) mass is 384 g/mol. The van der Waals surface area contributed by atoms with Crippen LogP contribution in [0.3, 0.4) is 0 Å². The number of ether oxygens (including phenoxy) is 1. The Bertz CT molecular complexity index is 694. The SMILES string of the molecule is CC(C)(C)OC(=O)NCCc1nc2cc(Br)cnc2n1CCO. The Balaban J connectivity index is 2.07. The highest BCUT2D eigenvalue weighted by Gasteiger charge is 2.16. The molecule has 126 valence electrons. The van der Waals surface area contributed by atoms with Crippen molar-refractivity contribution in [1.82, 2.24) is 19.9 Å². The van der Waals surface area contributed by atoms with E-state index in [4.69, 9.17) is 4.74 Å². The van der Waals surface area contributed by atoms with Gasteiger partial charge in [0.05, 0.1) is 6.61 Å². The molecule has 0 unspecified atom stereocenters. The number of carbonyl (C=O) groups excluding carboxylic acids is 1. The van der Waals surface area contributed by atoms with Crippen molar-refractivity contribution in [2.45, 2.75) is 39.3 Å². The van der Waals surface area contributed by atoms with Crippen LogP contribution in [0.4, 0.5) is 4.79 Å². The first kappa shape index (κ1) is 17.7. The molecule has 0 aliphatic heterocycles. The van der Waals surface area contributed by atoms with E-state index in [-0.39, 0.29) is 6.61 Å². The van der Waals surface area contributed by atoms with Crippen molar-refractivity contribution in [3.8, 4) is 0 Å². The van der Waals surface area contributed by atoms with Gasteiger partial charge in [-0.2, -0.15) is 0 Å². The van der Waals surface area contributed by atoms with E-state index >= 15 is 0 Å². The molecule has 1 amide bonds. The van der Waals surface area contributed by atoms with Crippen LogP contribution in [0.5, 0.6) is 0 Å². The third-order valence-corrected chi connectivity index (χ3v) is 3.40. The van der Waals surface area contributed by atoms with E-state index in [1.807, 2.05) is 31.4 Å². The zero-order chi connectivity index (χ0) is 17.0. The van der Waals surface area contributed by atoms with Crippen LogP contribution in [0, 0.1) is 0 Å². The third kappa shape index (κ3) is 4.90. The standard InChI is InChI=1S/C15H21BrN4O3/c1-15(2,3)23-14(22)17-5-4-12-19-11-8-10(16)9-18-13(11)20(12)6-7-21/h8-9,21H,4-7H2,1-3H3,(H,17,22). The fourth-order valence-electron chi connectivity index (χ4n) is 2.15. The quantitative estimate of drug-likeness (QED) is 0.824. The van der Waals surface area contributed by atoms with Crippen LogP contribution in [0.2, 0.25) is 0 Å².